The molecule has 0 aliphatic carbocycles. The Morgan fingerprint density at radius 2 is 2.19 bits per heavy atom. The maximum Gasteiger partial charge on any atom is 0.222 e. The minimum absolute atomic E-state index is 0. The first kappa shape index (κ1) is 18.5. The van der Waals surface area contributed by atoms with Crippen LogP contribution in [0, 0.1) is 5.92 Å². The fourth-order valence-corrected chi connectivity index (χ4v) is 3.51. The second kappa shape index (κ2) is 10.2. The predicted molar refractivity (Wildman–Crippen MR) is 92.4 cm³/mol. The summed E-state index contributed by atoms with van der Waals surface area (Å²) in [5, 5.41) is 5.51. The number of hydrogen-bond acceptors (Lipinski definition) is 3. The molecule has 2 rings (SSSR count). The summed E-state index contributed by atoms with van der Waals surface area (Å²) in [5.74, 6) is 1.11. The van der Waals surface area contributed by atoms with Gasteiger partial charge in [-0.3, -0.25) is 4.79 Å². The van der Waals surface area contributed by atoms with Gasteiger partial charge >= 0.3 is 0 Å². The van der Waals surface area contributed by atoms with Crippen LogP contribution >= 0.6 is 23.7 Å². The van der Waals surface area contributed by atoms with Crippen LogP contribution in [-0.4, -0.2) is 37.0 Å². The molecule has 2 heterocycles. The van der Waals surface area contributed by atoms with E-state index in [4.69, 9.17) is 0 Å². The number of amides is 1. The number of nitrogens with zero attached hydrogens (tertiary/aromatic N) is 1. The summed E-state index contributed by atoms with van der Waals surface area (Å²) in [7, 11) is 0. The molecule has 1 aromatic heterocycles. The third kappa shape index (κ3) is 6.37. The minimum atomic E-state index is 0. The molecule has 1 fully saturated rings. The number of thiophene rings is 1. The van der Waals surface area contributed by atoms with E-state index in [2.05, 4.69) is 34.7 Å². The lowest BCUT2D eigenvalue weighted by Crippen LogP contribution is -2.40. The smallest absolute Gasteiger partial charge is 0.222 e. The summed E-state index contributed by atoms with van der Waals surface area (Å²) >= 11 is 1.79. The molecule has 0 bridgehead atoms. The number of hydrogen-bond donors (Lipinski definition) is 1. The summed E-state index contributed by atoms with van der Waals surface area (Å²) < 4.78 is 0. The molecule has 5 heteroatoms. The van der Waals surface area contributed by atoms with E-state index in [-0.39, 0.29) is 12.4 Å². The number of rotatable bonds is 7. The Morgan fingerprint density at radius 3 is 2.81 bits per heavy atom. The Balaban J connectivity index is 0.00000220. The molecule has 1 saturated heterocycles. The SMILES string of the molecule is CCNCC1CCN(C(=O)CCCc2cccs2)CC1.Cl. The zero-order valence-corrected chi connectivity index (χ0v) is 14.5. The number of carbonyl (C=O) groups is 1. The first-order chi connectivity index (χ1) is 9.79. The minimum Gasteiger partial charge on any atom is -0.343 e. The molecule has 1 amide bonds. The summed E-state index contributed by atoms with van der Waals surface area (Å²) in [6.07, 6.45) is 5.04. The van der Waals surface area contributed by atoms with Crippen LogP contribution in [0.25, 0.3) is 0 Å². The Labute approximate surface area is 138 Å². The van der Waals surface area contributed by atoms with Gasteiger partial charge in [-0.2, -0.15) is 0 Å². The van der Waals surface area contributed by atoms with E-state index >= 15 is 0 Å². The number of aryl methyl sites for hydroxylation is 1. The molecule has 120 valence electrons. The van der Waals surface area contributed by atoms with Gasteiger partial charge in [0.15, 0.2) is 0 Å². The zero-order valence-electron chi connectivity index (χ0n) is 12.8. The molecule has 0 spiro atoms. The van der Waals surface area contributed by atoms with E-state index < -0.39 is 0 Å². The molecule has 0 aromatic carbocycles. The van der Waals surface area contributed by atoms with Crippen LogP contribution in [-0.2, 0) is 11.2 Å². The molecule has 1 aliphatic heterocycles. The van der Waals surface area contributed by atoms with Crippen molar-refractivity contribution in [2.24, 2.45) is 5.92 Å². The highest BCUT2D eigenvalue weighted by atomic mass is 35.5. The van der Waals surface area contributed by atoms with Gasteiger partial charge in [0.05, 0.1) is 0 Å². The number of carbonyl (C=O) groups excluding carboxylic acids is 1. The highest BCUT2D eigenvalue weighted by Gasteiger charge is 2.21. The third-order valence-electron chi connectivity index (χ3n) is 4.04. The van der Waals surface area contributed by atoms with Crippen molar-refractivity contribution in [3.8, 4) is 0 Å². The molecule has 0 saturated carbocycles. The first-order valence-corrected chi connectivity index (χ1v) is 8.68. The van der Waals surface area contributed by atoms with Gasteiger partial charge in [-0.25, -0.2) is 0 Å². The van der Waals surface area contributed by atoms with E-state index in [0.29, 0.717) is 12.3 Å². The maximum absolute atomic E-state index is 12.2. The molecular formula is C16H27ClN2OS. The van der Waals surface area contributed by atoms with Gasteiger partial charge < -0.3 is 10.2 Å². The lowest BCUT2D eigenvalue weighted by Gasteiger charge is -2.32. The van der Waals surface area contributed by atoms with Crippen LogP contribution in [0.5, 0.6) is 0 Å². The monoisotopic (exact) mass is 330 g/mol. The van der Waals surface area contributed by atoms with Crippen molar-refractivity contribution in [1.82, 2.24) is 10.2 Å². The summed E-state index contributed by atoms with van der Waals surface area (Å²) in [6, 6.07) is 4.23. The molecule has 1 N–H and O–H groups in total. The fourth-order valence-electron chi connectivity index (χ4n) is 2.76. The van der Waals surface area contributed by atoms with Gasteiger partial charge in [0, 0.05) is 24.4 Å². The van der Waals surface area contributed by atoms with Crippen LogP contribution < -0.4 is 5.32 Å². The van der Waals surface area contributed by atoms with Crippen molar-refractivity contribution in [3.05, 3.63) is 22.4 Å². The Kier molecular flexibility index (Phi) is 8.97. The highest BCUT2D eigenvalue weighted by Crippen LogP contribution is 2.18. The van der Waals surface area contributed by atoms with E-state index in [0.717, 1.165) is 57.8 Å². The average molecular weight is 331 g/mol. The van der Waals surface area contributed by atoms with Crippen LogP contribution in [0.1, 0.15) is 37.5 Å². The van der Waals surface area contributed by atoms with Crippen LogP contribution in [0.15, 0.2) is 17.5 Å². The molecule has 0 atom stereocenters. The van der Waals surface area contributed by atoms with E-state index in [1.807, 2.05) is 0 Å². The summed E-state index contributed by atoms with van der Waals surface area (Å²) in [4.78, 5) is 15.6. The van der Waals surface area contributed by atoms with Crippen LogP contribution in [0.2, 0.25) is 0 Å². The molecule has 0 unspecified atom stereocenters. The topological polar surface area (TPSA) is 32.3 Å². The predicted octanol–water partition coefficient (Wildman–Crippen LogP) is 3.34. The lowest BCUT2D eigenvalue weighted by atomic mass is 9.96. The zero-order chi connectivity index (χ0) is 14.2. The Hall–Kier alpha value is -0.580. The largest absolute Gasteiger partial charge is 0.343 e. The van der Waals surface area contributed by atoms with Crippen molar-refractivity contribution >= 4 is 29.7 Å². The number of likely N-dealkylation sites (tertiary alicyclic amines) is 1. The van der Waals surface area contributed by atoms with Gasteiger partial charge in [-0.15, -0.1) is 23.7 Å². The van der Waals surface area contributed by atoms with Crippen molar-refractivity contribution in [2.75, 3.05) is 26.2 Å². The van der Waals surface area contributed by atoms with E-state index in [9.17, 15) is 4.79 Å². The fraction of sp³-hybridized carbons (Fsp3) is 0.688. The summed E-state index contributed by atoms with van der Waals surface area (Å²) in [5.41, 5.74) is 0. The second-order valence-corrected chi connectivity index (χ2v) is 6.60. The van der Waals surface area contributed by atoms with E-state index in [1.165, 1.54) is 4.88 Å². The molecule has 21 heavy (non-hydrogen) atoms. The normalized spacial score (nSPS) is 15.8. The first-order valence-electron chi connectivity index (χ1n) is 7.80. The van der Waals surface area contributed by atoms with Crippen molar-refractivity contribution in [3.63, 3.8) is 0 Å². The third-order valence-corrected chi connectivity index (χ3v) is 4.98. The van der Waals surface area contributed by atoms with Gasteiger partial charge in [-0.1, -0.05) is 13.0 Å². The quantitative estimate of drug-likeness (QED) is 0.831. The van der Waals surface area contributed by atoms with Crippen molar-refractivity contribution < 1.29 is 4.79 Å². The average Bonchev–Trinajstić information content (AvgIpc) is 2.99. The van der Waals surface area contributed by atoms with Crippen molar-refractivity contribution in [2.45, 2.75) is 39.0 Å². The molecule has 0 radical (unpaired) electrons. The standard InChI is InChI=1S/C16H26N2OS.ClH/c1-2-17-13-14-8-10-18(11-9-14)16(19)7-3-5-15-6-4-12-20-15;/h4,6,12,14,17H,2-3,5,7-11,13H2,1H3;1H. The Morgan fingerprint density at radius 1 is 1.43 bits per heavy atom. The molecule has 1 aliphatic rings. The molecular weight excluding hydrogens is 304 g/mol. The molecule has 3 nitrogen and oxygen atoms in total. The van der Waals surface area contributed by atoms with Gasteiger partial charge in [0.2, 0.25) is 5.91 Å². The number of halogens is 1. The number of piperidine rings is 1. The maximum atomic E-state index is 12.2. The summed E-state index contributed by atoms with van der Waals surface area (Å²) in [6.45, 7) is 6.20. The van der Waals surface area contributed by atoms with Gasteiger partial charge in [-0.05, 0) is 56.1 Å². The van der Waals surface area contributed by atoms with Gasteiger partial charge in [0.1, 0.15) is 0 Å². The Bertz CT molecular complexity index is 389. The van der Waals surface area contributed by atoms with Crippen LogP contribution in [0.4, 0.5) is 0 Å². The second-order valence-electron chi connectivity index (χ2n) is 5.56. The lowest BCUT2D eigenvalue weighted by molar-refractivity contribution is -0.132. The highest BCUT2D eigenvalue weighted by molar-refractivity contribution is 7.09. The molecule has 1 aromatic rings. The van der Waals surface area contributed by atoms with Gasteiger partial charge in [0.25, 0.3) is 0 Å². The van der Waals surface area contributed by atoms with E-state index in [1.54, 1.807) is 11.3 Å². The van der Waals surface area contributed by atoms with Crippen molar-refractivity contribution in [1.29, 1.82) is 0 Å². The number of nitrogens with one attached hydrogen (secondary N) is 1. The van der Waals surface area contributed by atoms with Crippen LogP contribution in [0.3, 0.4) is 0 Å².